The fourth-order valence-electron chi connectivity index (χ4n) is 1.83. The van der Waals surface area contributed by atoms with Crippen LogP contribution in [0.15, 0.2) is 18.2 Å². The van der Waals surface area contributed by atoms with E-state index in [-0.39, 0.29) is 24.3 Å². The molecule has 0 aromatic heterocycles. The maximum atomic E-state index is 12.9. The smallest absolute Gasteiger partial charge is 0.129 e. The molecular formula is C12H15F2NO2. The molecule has 2 rings (SSSR count). The van der Waals surface area contributed by atoms with Gasteiger partial charge in [0.1, 0.15) is 24.0 Å². The Bertz CT molecular complexity index is 361. The molecule has 2 N–H and O–H groups in total. The summed E-state index contributed by atoms with van der Waals surface area (Å²) in [6, 6.07) is 2.91. The van der Waals surface area contributed by atoms with Crippen LogP contribution in [0, 0.1) is 17.6 Å². The Morgan fingerprint density at radius 3 is 2.65 bits per heavy atom. The van der Waals surface area contributed by atoms with Gasteiger partial charge in [0.25, 0.3) is 0 Å². The standard InChI is InChI=1S/C12H15F2NO2/c13-9-3-10(14)5-11(4-9)17-7-12(15)8-1-2-16-6-8/h3-5,8,12H,1-2,6-7,15H2. The molecule has 0 bridgehead atoms. The summed E-state index contributed by atoms with van der Waals surface area (Å²) in [6.45, 7) is 1.58. The topological polar surface area (TPSA) is 44.5 Å². The summed E-state index contributed by atoms with van der Waals surface area (Å²) in [5.74, 6) is -0.888. The maximum absolute atomic E-state index is 12.9. The van der Waals surface area contributed by atoms with E-state index in [1.54, 1.807) is 0 Å². The molecule has 1 fully saturated rings. The quantitative estimate of drug-likeness (QED) is 0.875. The van der Waals surface area contributed by atoms with E-state index in [1.807, 2.05) is 0 Å². The van der Waals surface area contributed by atoms with Crippen molar-refractivity contribution >= 4 is 0 Å². The van der Waals surface area contributed by atoms with Crippen molar-refractivity contribution in [2.24, 2.45) is 11.7 Å². The molecule has 1 heterocycles. The molecule has 0 radical (unpaired) electrons. The van der Waals surface area contributed by atoms with Gasteiger partial charge in [-0.25, -0.2) is 8.78 Å². The van der Waals surface area contributed by atoms with Crippen LogP contribution in [0.25, 0.3) is 0 Å². The lowest BCUT2D eigenvalue weighted by Crippen LogP contribution is -2.36. The lowest BCUT2D eigenvalue weighted by atomic mass is 10.0. The molecule has 2 unspecified atom stereocenters. The van der Waals surface area contributed by atoms with Gasteiger partial charge in [0, 0.05) is 36.8 Å². The molecule has 0 amide bonds. The zero-order valence-corrected chi connectivity index (χ0v) is 9.36. The lowest BCUT2D eigenvalue weighted by Gasteiger charge is -2.18. The van der Waals surface area contributed by atoms with Gasteiger partial charge in [-0.15, -0.1) is 0 Å². The van der Waals surface area contributed by atoms with Crippen LogP contribution in [0.2, 0.25) is 0 Å². The Kier molecular flexibility index (Phi) is 3.91. The third kappa shape index (κ3) is 3.38. The first-order valence-electron chi connectivity index (χ1n) is 5.57. The summed E-state index contributed by atoms with van der Waals surface area (Å²) in [5.41, 5.74) is 5.91. The van der Waals surface area contributed by atoms with Gasteiger partial charge in [0.2, 0.25) is 0 Å². The van der Waals surface area contributed by atoms with Gasteiger partial charge in [-0.3, -0.25) is 0 Å². The summed E-state index contributed by atoms with van der Waals surface area (Å²) in [4.78, 5) is 0. The summed E-state index contributed by atoms with van der Waals surface area (Å²) in [5, 5.41) is 0. The predicted octanol–water partition coefficient (Wildman–Crippen LogP) is 1.71. The third-order valence-electron chi connectivity index (χ3n) is 2.85. The third-order valence-corrected chi connectivity index (χ3v) is 2.85. The van der Waals surface area contributed by atoms with Crippen LogP contribution in [0.5, 0.6) is 5.75 Å². The number of ether oxygens (including phenoxy) is 2. The van der Waals surface area contributed by atoms with E-state index >= 15 is 0 Å². The van der Waals surface area contributed by atoms with Gasteiger partial charge in [0.05, 0.1) is 6.61 Å². The molecule has 3 nitrogen and oxygen atoms in total. The highest BCUT2D eigenvalue weighted by Crippen LogP contribution is 2.18. The van der Waals surface area contributed by atoms with E-state index in [9.17, 15) is 8.78 Å². The fourth-order valence-corrected chi connectivity index (χ4v) is 1.83. The van der Waals surface area contributed by atoms with Crippen molar-refractivity contribution in [3.05, 3.63) is 29.8 Å². The predicted molar refractivity (Wildman–Crippen MR) is 58.8 cm³/mol. The maximum Gasteiger partial charge on any atom is 0.129 e. The zero-order valence-electron chi connectivity index (χ0n) is 9.36. The molecule has 0 saturated carbocycles. The first kappa shape index (κ1) is 12.3. The number of hydrogen-bond acceptors (Lipinski definition) is 3. The van der Waals surface area contributed by atoms with Crippen LogP contribution in [-0.2, 0) is 4.74 Å². The summed E-state index contributed by atoms with van der Waals surface area (Å²) in [6.07, 6.45) is 0.905. The van der Waals surface area contributed by atoms with Crippen molar-refractivity contribution in [1.82, 2.24) is 0 Å². The number of benzene rings is 1. The van der Waals surface area contributed by atoms with Crippen LogP contribution >= 0.6 is 0 Å². The number of nitrogens with two attached hydrogens (primary N) is 1. The zero-order chi connectivity index (χ0) is 12.3. The monoisotopic (exact) mass is 243 g/mol. The van der Waals surface area contributed by atoms with E-state index < -0.39 is 11.6 Å². The van der Waals surface area contributed by atoms with E-state index in [0.29, 0.717) is 13.2 Å². The molecule has 0 spiro atoms. The van der Waals surface area contributed by atoms with Crippen LogP contribution in [0.4, 0.5) is 8.78 Å². The normalized spacial score (nSPS) is 21.5. The Hall–Kier alpha value is -1.20. The van der Waals surface area contributed by atoms with Crippen molar-refractivity contribution in [1.29, 1.82) is 0 Å². The fraction of sp³-hybridized carbons (Fsp3) is 0.500. The van der Waals surface area contributed by atoms with Crippen molar-refractivity contribution < 1.29 is 18.3 Å². The summed E-state index contributed by atoms with van der Waals surface area (Å²) < 4.78 is 36.3. The molecule has 1 aromatic rings. The highest BCUT2D eigenvalue weighted by Gasteiger charge is 2.23. The van der Waals surface area contributed by atoms with Crippen molar-refractivity contribution in [3.63, 3.8) is 0 Å². The van der Waals surface area contributed by atoms with E-state index in [1.165, 1.54) is 0 Å². The average Bonchev–Trinajstić information content (AvgIpc) is 2.78. The van der Waals surface area contributed by atoms with E-state index in [2.05, 4.69) is 0 Å². The Morgan fingerprint density at radius 2 is 2.06 bits per heavy atom. The minimum absolute atomic E-state index is 0.164. The molecule has 1 aliphatic rings. The van der Waals surface area contributed by atoms with Gasteiger partial charge in [-0.2, -0.15) is 0 Å². The Morgan fingerprint density at radius 1 is 1.35 bits per heavy atom. The van der Waals surface area contributed by atoms with Gasteiger partial charge in [-0.1, -0.05) is 0 Å². The van der Waals surface area contributed by atoms with Gasteiger partial charge >= 0.3 is 0 Å². The molecule has 1 aliphatic heterocycles. The lowest BCUT2D eigenvalue weighted by molar-refractivity contribution is 0.170. The SMILES string of the molecule is NC(COc1cc(F)cc(F)c1)C1CCOC1. The molecule has 94 valence electrons. The van der Waals surface area contributed by atoms with Crippen LogP contribution in [0.3, 0.4) is 0 Å². The average molecular weight is 243 g/mol. The van der Waals surface area contributed by atoms with Crippen LogP contribution < -0.4 is 10.5 Å². The molecule has 1 aromatic carbocycles. The van der Waals surface area contributed by atoms with Crippen molar-refractivity contribution in [2.45, 2.75) is 12.5 Å². The van der Waals surface area contributed by atoms with Crippen molar-refractivity contribution in [2.75, 3.05) is 19.8 Å². The molecular weight excluding hydrogens is 228 g/mol. The summed E-state index contributed by atoms with van der Waals surface area (Å²) in [7, 11) is 0. The number of rotatable bonds is 4. The molecule has 0 aliphatic carbocycles. The Balaban J connectivity index is 1.88. The van der Waals surface area contributed by atoms with Crippen LogP contribution in [0.1, 0.15) is 6.42 Å². The number of hydrogen-bond donors (Lipinski definition) is 1. The van der Waals surface area contributed by atoms with Crippen molar-refractivity contribution in [3.8, 4) is 5.75 Å². The van der Waals surface area contributed by atoms with Gasteiger partial charge in [-0.05, 0) is 6.42 Å². The number of halogens is 2. The first-order chi connectivity index (χ1) is 8.15. The second-order valence-electron chi connectivity index (χ2n) is 4.20. The minimum Gasteiger partial charge on any atom is -0.492 e. The molecule has 1 saturated heterocycles. The van der Waals surface area contributed by atoms with E-state index in [4.69, 9.17) is 15.2 Å². The Labute approximate surface area is 98.5 Å². The van der Waals surface area contributed by atoms with Gasteiger partial charge < -0.3 is 15.2 Å². The molecule has 5 heteroatoms. The van der Waals surface area contributed by atoms with Crippen LogP contribution in [-0.4, -0.2) is 25.9 Å². The highest BCUT2D eigenvalue weighted by atomic mass is 19.1. The van der Waals surface area contributed by atoms with E-state index in [0.717, 1.165) is 24.6 Å². The second kappa shape index (κ2) is 5.42. The molecule has 17 heavy (non-hydrogen) atoms. The first-order valence-corrected chi connectivity index (χ1v) is 5.57. The minimum atomic E-state index is -0.655. The largest absolute Gasteiger partial charge is 0.492 e. The highest BCUT2D eigenvalue weighted by molar-refractivity contribution is 5.23. The van der Waals surface area contributed by atoms with Gasteiger partial charge in [0.15, 0.2) is 0 Å². The summed E-state index contributed by atoms with van der Waals surface area (Å²) >= 11 is 0. The molecule has 2 atom stereocenters. The second-order valence-corrected chi connectivity index (χ2v) is 4.20.